The van der Waals surface area contributed by atoms with Gasteiger partial charge in [-0.2, -0.15) is 0 Å². The Labute approximate surface area is 69.2 Å². The van der Waals surface area contributed by atoms with Crippen LogP contribution in [0.4, 0.5) is 0 Å². The van der Waals surface area contributed by atoms with Crippen molar-refractivity contribution in [1.29, 1.82) is 0 Å². The van der Waals surface area contributed by atoms with Crippen LogP contribution in [0.1, 0.15) is 0 Å². The summed E-state index contributed by atoms with van der Waals surface area (Å²) in [5.74, 6) is 0. The van der Waals surface area contributed by atoms with Gasteiger partial charge in [0, 0.05) is 6.54 Å². The van der Waals surface area contributed by atoms with Gasteiger partial charge in [0.2, 0.25) is 0 Å². The largest absolute Gasteiger partial charge is 0.388 e. The van der Waals surface area contributed by atoms with Crippen molar-refractivity contribution in [3.05, 3.63) is 0 Å². The molecule has 72 valence electrons. The van der Waals surface area contributed by atoms with Crippen molar-refractivity contribution >= 4 is 0 Å². The number of rotatable bonds is 1. The minimum Gasteiger partial charge on any atom is -0.388 e. The Morgan fingerprint density at radius 3 is 2.08 bits per heavy atom. The van der Waals surface area contributed by atoms with E-state index >= 15 is 0 Å². The maximum atomic E-state index is 9.20. The molecule has 0 saturated carbocycles. The number of ether oxygens (including phenoxy) is 1. The smallest absolute Gasteiger partial charge is 0.184 e. The molecule has 1 heterocycles. The van der Waals surface area contributed by atoms with Gasteiger partial charge in [0.25, 0.3) is 0 Å². The fourth-order valence-electron chi connectivity index (χ4n) is 1.13. The predicted molar refractivity (Wildman–Crippen MR) is 38.0 cm³/mol. The summed E-state index contributed by atoms with van der Waals surface area (Å²) in [6.07, 6.45) is -6.48. The van der Waals surface area contributed by atoms with Crippen molar-refractivity contribution in [1.82, 2.24) is 0 Å². The molecule has 0 radical (unpaired) electrons. The lowest BCUT2D eigenvalue weighted by atomic mass is 9.99. The van der Waals surface area contributed by atoms with Gasteiger partial charge >= 0.3 is 0 Å². The molecule has 0 bridgehead atoms. The van der Waals surface area contributed by atoms with Gasteiger partial charge in [-0.05, 0) is 0 Å². The first-order valence-corrected chi connectivity index (χ1v) is 3.65. The van der Waals surface area contributed by atoms with Crippen molar-refractivity contribution < 1.29 is 25.2 Å². The van der Waals surface area contributed by atoms with Crippen molar-refractivity contribution in [3.63, 3.8) is 0 Å². The maximum absolute atomic E-state index is 9.20. The molecule has 6 heteroatoms. The van der Waals surface area contributed by atoms with E-state index in [0.29, 0.717) is 0 Å². The minimum absolute atomic E-state index is 0.0258. The fraction of sp³-hybridized carbons (Fsp3) is 1.00. The molecule has 1 aliphatic rings. The predicted octanol–water partition coefficient (Wildman–Crippen LogP) is -3.25. The van der Waals surface area contributed by atoms with Crippen LogP contribution in [0.25, 0.3) is 0 Å². The van der Waals surface area contributed by atoms with E-state index < -0.39 is 30.7 Å². The summed E-state index contributed by atoms with van der Waals surface area (Å²) in [6.45, 7) is -0.0258. The van der Waals surface area contributed by atoms with E-state index in [2.05, 4.69) is 0 Å². The van der Waals surface area contributed by atoms with Crippen molar-refractivity contribution in [2.75, 3.05) is 6.54 Å². The fourth-order valence-corrected chi connectivity index (χ4v) is 1.13. The summed E-state index contributed by atoms with van der Waals surface area (Å²) in [5, 5.41) is 36.3. The molecular weight excluding hydrogens is 166 g/mol. The summed E-state index contributed by atoms with van der Waals surface area (Å²) in [6, 6.07) is 0. The summed E-state index contributed by atoms with van der Waals surface area (Å²) in [7, 11) is 0. The standard InChI is InChI=1S/C6H13NO5/c7-1-2-3(8)4(9)5(10)6(11)12-2/h2-6,8-11H,1,7H2/t2-,3+,4+,5+,6-/m1/s1. The summed E-state index contributed by atoms with van der Waals surface area (Å²) >= 11 is 0. The van der Waals surface area contributed by atoms with Gasteiger partial charge in [-0.3, -0.25) is 0 Å². The van der Waals surface area contributed by atoms with Crippen LogP contribution in [-0.4, -0.2) is 57.7 Å². The Morgan fingerprint density at radius 1 is 1.00 bits per heavy atom. The normalized spacial score (nSPS) is 49.2. The second-order valence-corrected chi connectivity index (χ2v) is 2.77. The summed E-state index contributed by atoms with van der Waals surface area (Å²) < 4.78 is 4.70. The molecule has 0 aromatic heterocycles. The van der Waals surface area contributed by atoms with Gasteiger partial charge in [-0.15, -0.1) is 0 Å². The van der Waals surface area contributed by atoms with Crippen LogP contribution in [0.2, 0.25) is 0 Å². The molecule has 6 nitrogen and oxygen atoms in total. The lowest BCUT2D eigenvalue weighted by Gasteiger charge is -2.37. The highest BCUT2D eigenvalue weighted by Crippen LogP contribution is 2.18. The van der Waals surface area contributed by atoms with Gasteiger partial charge in [0.05, 0.1) is 0 Å². The molecule has 1 fully saturated rings. The third-order valence-electron chi connectivity index (χ3n) is 1.92. The number of aliphatic hydroxyl groups excluding tert-OH is 4. The van der Waals surface area contributed by atoms with Gasteiger partial charge in [-0.25, -0.2) is 0 Å². The first-order valence-electron chi connectivity index (χ1n) is 3.65. The topological polar surface area (TPSA) is 116 Å². The van der Waals surface area contributed by atoms with Crippen LogP contribution in [0.15, 0.2) is 0 Å². The van der Waals surface area contributed by atoms with E-state index in [0.717, 1.165) is 0 Å². The average Bonchev–Trinajstić information content (AvgIpc) is 2.08. The Kier molecular flexibility index (Phi) is 2.99. The molecule has 0 unspecified atom stereocenters. The zero-order valence-electron chi connectivity index (χ0n) is 6.37. The third kappa shape index (κ3) is 1.58. The van der Waals surface area contributed by atoms with Crippen molar-refractivity contribution in [3.8, 4) is 0 Å². The lowest BCUT2D eigenvalue weighted by Crippen LogP contribution is -2.59. The molecule has 0 aromatic carbocycles. The molecule has 6 N–H and O–H groups in total. The monoisotopic (exact) mass is 179 g/mol. The number of aliphatic hydroxyl groups is 4. The van der Waals surface area contributed by atoms with Crippen LogP contribution in [0.3, 0.4) is 0 Å². The van der Waals surface area contributed by atoms with Crippen molar-refractivity contribution in [2.24, 2.45) is 5.73 Å². The Balaban J connectivity index is 2.63. The molecule has 0 spiro atoms. The second-order valence-electron chi connectivity index (χ2n) is 2.77. The van der Waals surface area contributed by atoms with Gasteiger partial charge in [0.1, 0.15) is 24.4 Å². The third-order valence-corrected chi connectivity index (χ3v) is 1.92. The van der Waals surface area contributed by atoms with E-state index in [1.165, 1.54) is 0 Å². The molecule has 0 aromatic rings. The van der Waals surface area contributed by atoms with E-state index in [9.17, 15) is 5.11 Å². The first-order chi connectivity index (χ1) is 5.57. The molecule has 12 heavy (non-hydrogen) atoms. The zero-order valence-corrected chi connectivity index (χ0v) is 6.37. The zero-order chi connectivity index (χ0) is 9.30. The highest BCUT2D eigenvalue weighted by Gasteiger charge is 2.42. The van der Waals surface area contributed by atoms with E-state index in [4.69, 9.17) is 25.8 Å². The molecule has 5 atom stereocenters. The van der Waals surface area contributed by atoms with Crippen molar-refractivity contribution in [2.45, 2.75) is 30.7 Å². The van der Waals surface area contributed by atoms with E-state index in [-0.39, 0.29) is 6.54 Å². The minimum atomic E-state index is -1.49. The number of hydrogen-bond donors (Lipinski definition) is 5. The molecule has 0 amide bonds. The summed E-state index contributed by atoms with van der Waals surface area (Å²) in [4.78, 5) is 0. The van der Waals surface area contributed by atoms with E-state index in [1.54, 1.807) is 0 Å². The lowest BCUT2D eigenvalue weighted by molar-refractivity contribution is -0.279. The highest BCUT2D eigenvalue weighted by atomic mass is 16.6. The van der Waals surface area contributed by atoms with Gasteiger partial charge in [-0.1, -0.05) is 0 Å². The Hall–Kier alpha value is -0.240. The van der Waals surface area contributed by atoms with Gasteiger partial charge < -0.3 is 30.9 Å². The molecule has 1 rings (SSSR count). The average molecular weight is 179 g/mol. The van der Waals surface area contributed by atoms with Crippen LogP contribution < -0.4 is 5.73 Å². The van der Waals surface area contributed by atoms with Crippen LogP contribution >= 0.6 is 0 Å². The van der Waals surface area contributed by atoms with E-state index in [1.807, 2.05) is 0 Å². The van der Waals surface area contributed by atoms with Crippen LogP contribution in [-0.2, 0) is 4.74 Å². The Bertz CT molecular complexity index is 150. The molecular formula is C6H13NO5. The Morgan fingerprint density at radius 2 is 1.58 bits per heavy atom. The highest BCUT2D eigenvalue weighted by molar-refractivity contribution is 4.88. The van der Waals surface area contributed by atoms with Gasteiger partial charge in [0.15, 0.2) is 6.29 Å². The maximum Gasteiger partial charge on any atom is 0.184 e. The first kappa shape index (κ1) is 9.85. The quantitative estimate of drug-likeness (QED) is 0.288. The second kappa shape index (κ2) is 3.65. The number of nitrogens with two attached hydrogens (primary N) is 1. The molecule has 0 aliphatic carbocycles. The molecule has 1 aliphatic heterocycles. The van der Waals surface area contributed by atoms with Crippen LogP contribution in [0.5, 0.6) is 0 Å². The summed E-state index contributed by atoms with van der Waals surface area (Å²) in [5.41, 5.74) is 5.17. The molecule has 1 saturated heterocycles. The number of hydrogen-bond acceptors (Lipinski definition) is 6. The SMILES string of the molecule is NC[C@H]1O[C@@H](O)[C@@H](O)[C@@H](O)[C@H]1O. The van der Waals surface area contributed by atoms with Crippen LogP contribution in [0, 0.1) is 0 Å².